The summed E-state index contributed by atoms with van der Waals surface area (Å²) in [6.45, 7) is 5.26. The van der Waals surface area contributed by atoms with E-state index in [9.17, 15) is 0 Å². The van der Waals surface area contributed by atoms with Crippen LogP contribution in [0.3, 0.4) is 0 Å². The quantitative estimate of drug-likeness (QED) is 0.885. The van der Waals surface area contributed by atoms with Gasteiger partial charge < -0.3 is 10.1 Å². The van der Waals surface area contributed by atoms with Crippen LogP contribution < -0.4 is 10.1 Å². The molecule has 1 saturated carbocycles. The third kappa shape index (κ3) is 3.27. The highest BCUT2D eigenvalue weighted by atomic mass is 16.5. The van der Waals surface area contributed by atoms with Crippen LogP contribution >= 0.6 is 0 Å². The van der Waals surface area contributed by atoms with Gasteiger partial charge in [0, 0.05) is 12.6 Å². The molecule has 1 fully saturated rings. The van der Waals surface area contributed by atoms with Gasteiger partial charge in [-0.05, 0) is 66.6 Å². The van der Waals surface area contributed by atoms with Crippen molar-refractivity contribution in [3.63, 3.8) is 0 Å². The molecule has 0 unspecified atom stereocenters. The van der Waals surface area contributed by atoms with Gasteiger partial charge in [0.25, 0.3) is 0 Å². The van der Waals surface area contributed by atoms with E-state index >= 15 is 0 Å². The molecule has 0 bridgehead atoms. The molecule has 0 amide bonds. The number of aryl methyl sites for hydroxylation is 2. The van der Waals surface area contributed by atoms with Crippen LogP contribution in [0.4, 0.5) is 0 Å². The Hall–Kier alpha value is -1.80. The third-order valence-corrected chi connectivity index (χ3v) is 4.17. The predicted octanol–water partition coefficient (Wildman–Crippen LogP) is 4.23. The Labute approximate surface area is 127 Å². The summed E-state index contributed by atoms with van der Waals surface area (Å²) in [5, 5.41) is 3.57. The lowest BCUT2D eigenvalue weighted by Crippen LogP contribution is -2.15. The van der Waals surface area contributed by atoms with E-state index in [1.807, 2.05) is 6.07 Å². The minimum Gasteiger partial charge on any atom is -0.496 e. The van der Waals surface area contributed by atoms with E-state index < -0.39 is 0 Å². The summed E-state index contributed by atoms with van der Waals surface area (Å²) in [4.78, 5) is 0. The number of hydrogen-bond donors (Lipinski definition) is 1. The van der Waals surface area contributed by atoms with Gasteiger partial charge in [0.15, 0.2) is 0 Å². The molecule has 1 aliphatic carbocycles. The maximum atomic E-state index is 5.34. The smallest absolute Gasteiger partial charge is 0.121 e. The number of ether oxygens (including phenoxy) is 1. The summed E-state index contributed by atoms with van der Waals surface area (Å²) >= 11 is 0. The second-order valence-electron chi connectivity index (χ2n) is 5.99. The number of benzene rings is 2. The molecule has 2 aromatic rings. The lowest BCUT2D eigenvalue weighted by molar-refractivity contribution is 0.412. The van der Waals surface area contributed by atoms with Crippen molar-refractivity contribution in [2.75, 3.05) is 7.11 Å². The Balaban J connectivity index is 1.82. The fourth-order valence-electron chi connectivity index (χ4n) is 2.76. The van der Waals surface area contributed by atoms with Gasteiger partial charge in [-0.3, -0.25) is 0 Å². The molecule has 2 heteroatoms. The van der Waals surface area contributed by atoms with Gasteiger partial charge in [-0.1, -0.05) is 24.3 Å². The zero-order valence-corrected chi connectivity index (χ0v) is 13.1. The van der Waals surface area contributed by atoms with Crippen LogP contribution in [0.2, 0.25) is 0 Å². The average molecular weight is 281 g/mol. The molecule has 110 valence electrons. The maximum Gasteiger partial charge on any atom is 0.121 e. The molecule has 1 aliphatic rings. The van der Waals surface area contributed by atoms with E-state index in [2.05, 4.69) is 49.5 Å². The SMILES string of the molecule is COc1ccc(-c2ccc(CNC3CC3)cc2C)cc1C. The van der Waals surface area contributed by atoms with Crippen molar-refractivity contribution < 1.29 is 4.74 Å². The first-order chi connectivity index (χ1) is 10.2. The van der Waals surface area contributed by atoms with E-state index in [1.54, 1.807) is 7.11 Å². The number of nitrogens with one attached hydrogen (secondary N) is 1. The van der Waals surface area contributed by atoms with E-state index in [-0.39, 0.29) is 0 Å². The fraction of sp³-hybridized carbons (Fsp3) is 0.368. The first-order valence-electron chi connectivity index (χ1n) is 7.65. The minimum absolute atomic E-state index is 0.759. The number of methoxy groups -OCH3 is 1. The van der Waals surface area contributed by atoms with Gasteiger partial charge in [-0.15, -0.1) is 0 Å². The third-order valence-electron chi connectivity index (χ3n) is 4.17. The lowest BCUT2D eigenvalue weighted by atomic mass is 9.97. The van der Waals surface area contributed by atoms with E-state index in [0.717, 1.165) is 18.3 Å². The highest BCUT2D eigenvalue weighted by Crippen LogP contribution is 2.29. The molecular formula is C19H23NO. The Kier molecular flexibility index (Phi) is 3.98. The summed E-state index contributed by atoms with van der Waals surface area (Å²) in [5.41, 5.74) is 6.43. The van der Waals surface area contributed by atoms with Crippen molar-refractivity contribution in [3.8, 4) is 16.9 Å². The zero-order chi connectivity index (χ0) is 14.8. The summed E-state index contributed by atoms with van der Waals surface area (Å²) < 4.78 is 5.34. The van der Waals surface area contributed by atoms with Gasteiger partial charge in [0.05, 0.1) is 7.11 Å². The van der Waals surface area contributed by atoms with Crippen molar-refractivity contribution in [1.82, 2.24) is 5.32 Å². The van der Waals surface area contributed by atoms with Gasteiger partial charge in [-0.2, -0.15) is 0 Å². The minimum atomic E-state index is 0.759. The van der Waals surface area contributed by atoms with Crippen LogP contribution in [0.5, 0.6) is 5.75 Å². The van der Waals surface area contributed by atoms with Crippen LogP contribution in [0.1, 0.15) is 29.5 Å². The van der Waals surface area contributed by atoms with E-state index in [0.29, 0.717) is 0 Å². The number of hydrogen-bond acceptors (Lipinski definition) is 2. The summed E-state index contributed by atoms with van der Waals surface area (Å²) in [7, 11) is 1.72. The van der Waals surface area contributed by atoms with Crippen molar-refractivity contribution in [3.05, 3.63) is 53.1 Å². The van der Waals surface area contributed by atoms with Crippen molar-refractivity contribution in [2.24, 2.45) is 0 Å². The van der Waals surface area contributed by atoms with Crippen molar-refractivity contribution in [2.45, 2.75) is 39.3 Å². The molecule has 0 aliphatic heterocycles. The normalized spacial score (nSPS) is 14.2. The van der Waals surface area contributed by atoms with Crippen LogP contribution in [0, 0.1) is 13.8 Å². The monoisotopic (exact) mass is 281 g/mol. The van der Waals surface area contributed by atoms with E-state index in [4.69, 9.17) is 4.74 Å². The number of rotatable bonds is 5. The van der Waals surface area contributed by atoms with Crippen LogP contribution in [0.25, 0.3) is 11.1 Å². The molecule has 1 N–H and O–H groups in total. The van der Waals surface area contributed by atoms with Gasteiger partial charge in [0.1, 0.15) is 5.75 Å². The van der Waals surface area contributed by atoms with Crippen molar-refractivity contribution in [1.29, 1.82) is 0 Å². The van der Waals surface area contributed by atoms with Crippen molar-refractivity contribution >= 4 is 0 Å². The molecular weight excluding hydrogens is 258 g/mol. The Morgan fingerprint density at radius 3 is 2.48 bits per heavy atom. The molecule has 0 radical (unpaired) electrons. The summed E-state index contributed by atoms with van der Waals surface area (Å²) in [5.74, 6) is 0.946. The first kappa shape index (κ1) is 14.2. The molecule has 2 nitrogen and oxygen atoms in total. The molecule has 0 heterocycles. The topological polar surface area (TPSA) is 21.3 Å². The van der Waals surface area contributed by atoms with Crippen LogP contribution in [-0.2, 0) is 6.54 Å². The molecule has 0 atom stereocenters. The Morgan fingerprint density at radius 2 is 1.86 bits per heavy atom. The Bertz CT molecular complexity index is 644. The molecule has 3 rings (SSSR count). The van der Waals surface area contributed by atoms with Gasteiger partial charge in [0.2, 0.25) is 0 Å². The average Bonchev–Trinajstić information content (AvgIpc) is 3.29. The van der Waals surface area contributed by atoms with Crippen LogP contribution in [-0.4, -0.2) is 13.2 Å². The van der Waals surface area contributed by atoms with Gasteiger partial charge in [-0.25, -0.2) is 0 Å². The molecule has 21 heavy (non-hydrogen) atoms. The summed E-state index contributed by atoms with van der Waals surface area (Å²) in [6, 6.07) is 13.9. The zero-order valence-electron chi connectivity index (χ0n) is 13.1. The van der Waals surface area contributed by atoms with Crippen LogP contribution in [0.15, 0.2) is 36.4 Å². The molecule has 0 spiro atoms. The Morgan fingerprint density at radius 1 is 1.05 bits per heavy atom. The summed E-state index contributed by atoms with van der Waals surface area (Å²) in [6.07, 6.45) is 2.67. The highest BCUT2D eigenvalue weighted by molar-refractivity contribution is 5.69. The standard InChI is InChI=1S/C19H23NO/c1-13-10-15(12-20-17-6-7-17)4-8-18(13)16-5-9-19(21-3)14(2)11-16/h4-5,8-11,17,20H,6-7,12H2,1-3H3. The van der Waals surface area contributed by atoms with Gasteiger partial charge >= 0.3 is 0 Å². The molecule has 0 saturated heterocycles. The second kappa shape index (κ2) is 5.90. The largest absolute Gasteiger partial charge is 0.496 e. The lowest BCUT2D eigenvalue weighted by Gasteiger charge is -2.12. The van der Waals surface area contributed by atoms with E-state index in [1.165, 1.54) is 40.7 Å². The predicted molar refractivity (Wildman–Crippen MR) is 87.8 cm³/mol. The fourth-order valence-corrected chi connectivity index (χ4v) is 2.76. The first-order valence-corrected chi connectivity index (χ1v) is 7.65. The maximum absolute atomic E-state index is 5.34. The highest BCUT2D eigenvalue weighted by Gasteiger charge is 2.19. The second-order valence-corrected chi connectivity index (χ2v) is 5.99. The molecule has 2 aromatic carbocycles. The molecule has 0 aromatic heterocycles.